The van der Waals surface area contributed by atoms with Gasteiger partial charge in [-0.25, -0.2) is 0 Å². The first-order valence-electron chi connectivity index (χ1n) is 9.44. The van der Waals surface area contributed by atoms with Crippen molar-refractivity contribution < 1.29 is 23.9 Å². The molecule has 28 heavy (non-hydrogen) atoms. The van der Waals surface area contributed by atoms with Crippen molar-refractivity contribution in [2.45, 2.75) is 25.7 Å². The number of nitrogens with zero attached hydrogens (tertiary/aromatic N) is 2. The second-order valence-corrected chi connectivity index (χ2v) is 7.29. The van der Waals surface area contributed by atoms with Gasteiger partial charge in [-0.3, -0.25) is 24.1 Å². The number of rotatable bonds is 6. The second-order valence-electron chi connectivity index (χ2n) is 7.29. The zero-order chi connectivity index (χ0) is 20.3. The van der Waals surface area contributed by atoms with Crippen LogP contribution in [-0.2, 0) is 19.2 Å². The number of ether oxygens (including phenoxy) is 1. The summed E-state index contributed by atoms with van der Waals surface area (Å²) in [6.45, 7) is -0.481. The lowest BCUT2D eigenvalue weighted by Gasteiger charge is -2.20. The molecule has 1 aromatic carbocycles. The van der Waals surface area contributed by atoms with Gasteiger partial charge in [0, 0.05) is 12.7 Å². The predicted molar refractivity (Wildman–Crippen MR) is 101 cm³/mol. The third-order valence-corrected chi connectivity index (χ3v) is 5.41. The van der Waals surface area contributed by atoms with E-state index < -0.39 is 5.91 Å². The number of likely N-dealkylation sites (tertiary alicyclic amines) is 1. The fourth-order valence-corrected chi connectivity index (χ4v) is 3.82. The first-order valence-corrected chi connectivity index (χ1v) is 9.44. The molecule has 0 unspecified atom stereocenters. The second kappa shape index (κ2) is 8.41. The Morgan fingerprint density at radius 1 is 1.11 bits per heavy atom. The van der Waals surface area contributed by atoms with Crippen LogP contribution in [0.4, 0.5) is 5.69 Å². The Labute approximate surface area is 163 Å². The van der Waals surface area contributed by atoms with Gasteiger partial charge in [0.2, 0.25) is 23.6 Å². The van der Waals surface area contributed by atoms with E-state index in [9.17, 15) is 19.2 Å². The summed E-state index contributed by atoms with van der Waals surface area (Å²) >= 11 is 0. The number of amides is 4. The minimum atomic E-state index is -0.440. The molecule has 1 aliphatic carbocycles. The van der Waals surface area contributed by atoms with Crippen molar-refractivity contribution in [1.29, 1.82) is 0 Å². The highest BCUT2D eigenvalue weighted by Crippen LogP contribution is 2.37. The fraction of sp³-hybridized carbons (Fsp3) is 0.500. The molecule has 0 radical (unpaired) electrons. The molecule has 1 aromatic rings. The highest BCUT2D eigenvalue weighted by Gasteiger charge is 2.48. The SMILES string of the molecule is COc1ccc(NC(=O)CN(C)C(=O)CN2C(=O)[C@@H]3CCCC[C@H]3C2=O)cc1. The summed E-state index contributed by atoms with van der Waals surface area (Å²) in [5.41, 5.74) is 0.584. The van der Waals surface area contributed by atoms with Crippen molar-refractivity contribution in [2.75, 3.05) is 32.6 Å². The first kappa shape index (κ1) is 19.9. The summed E-state index contributed by atoms with van der Waals surface area (Å²) in [5.74, 6) is -1.20. The summed E-state index contributed by atoms with van der Waals surface area (Å²) in [7, 11) is 3.03. The van der Waals surface area contributed by atoms with E-state index >= 15 is 0 Å². The van der Waals surface area contributed by atoms with Gasteiger partial charge >= 0.3 is 0 Å². The topological polar surface area (TPSA) is 96.0 Å². The summed E-state index contributed by atoms with van der Waals surface area (Å²) in [6, 6.07) is 6.83. The number of benzene rings is 1. The van der Waals surface area contributed by atoms with Crippen LogP contribution in [0.2, 0.25) is 0 Å². The molecule has 8 heteroatoms. The van der Waals surface area contributed by atoms with Crippen LogP contribution >= 0.6 is 0 Å². The van der Waals surface area contributed by atoms with E-state index in [1.54, 1.807) is 31.4 Å². The van der Waals surface area contributed by atoms with Crippen molar-refractivity contribution in [2.24, 2.45) is 11.8 Å². The van der Waals surface area contributed by atoms with Crippen molar-refractivity contribution in [3.63, 3.8) is 0 Å². The van der Waals surface area contributed by atoms with Gasteiger partial charge in [0.15, 0.2) is 0 Å². The Balaban J connectivity index is 1.53. The van der Waals surface area contributed by atoms with Crippen molar-refractivity contribution in [3.8, 4) is 5.75 Å². The van der Waals surface area contributed by atoms with Gasteiger partial charge in [0.05, 0.1) is 25.5 Å². The highest BCUT2D eigenvalue weighted by molar-refractivity contribution is 6.07. The number of carbonyl (C=O) groups is 4. The van der Waals surface area contributed by atoms with Gasteiger partial charge in [-0.05, 0) is 37.1 Å². The molecule has 1 saturated carbocycles. The molecule has 1 saturated heterocycles. The Morgan fingerprint density at radius 2 is 1.68 bits per heavy atom. The average molecular weight is 387 g/mol. The Hall–Kier alpha value is -2.90. The third-order valence-electron chi connectivity index (χ3n) is 5.41. The lowest BCUT2D eigenvalue weighted by molar-refractivity contribution is -0.146. The van der Waals surface area contributed by atoms with Crippen LogP contribution in [-0.4, -0.2) is 60.7 Å². The van der Waals surface area contributed by atoms with E-state index in [4.69, 9.17) is 4.74 Å². The van der Waals surface area contributed by atoms with Gasteiger partial charge in [-0.15, -0.1) is 0 Å². The minimum absolute atomic E-state index is 0.173. The Bertz CT molecular complexity index is 753. The quantitative estimate of drug-likeness (QED) is 0.742. The maximum Gasteiger partial charge on any atom is 0.243 e. The van der Waals surface area contributed by atoms with Crippen LogP contribution in [0.25, 0.3) is 0 Å². The summed E-state index contributed by atoms with van der Waals surface area (Å²) in [6.07, 6.45) is 3.29. The number of hydrogen-bond donors (Lipinski definition) is 1. The number of hydrogen-bond acceptors (Lipinski definition) is 5. The normalized spacial score (nSPS) is 21.3. The number of imide groups is 1. The summed E-state index contributed by atoms with van der Waals surface area (Å²) in [5, 5.41) is 2.69. The van der Waals surface area contributed by atoms with Crippen molar-refractivity contribution in [1.82, 2.24) is 9.80 Å². The van der Waals surface area contributed by atoms with Gasteiger partial charge in [0.1, 0.15) is 12.3 Å². The molecule has 4 amide bonds. The standard InChI is InChI=1S/C20H25N3O5/c1-22(11-17(24)21-13-7-9-14(28-2)10-8-13)18(25)12-23-19(26)15-5-3-4-6-16(15)20(23)27/h7-10,15-16H,3-6,11-12H2,1-2H3,(H,21,24)/t15-,16-/m1/s1. The molecular weight excluding hydrogens is 362 g/mol. The van der Waals surface area contributed by atoms with Crippen LogP contribution in [0.1, 0.15) is 25.7 Å². The van der Waals surface area contributed by atoms with Crippen molar-refractivity contribution >= 4 is 29.3 Å². The largest absolute Gasteiger partial charge is 0.497 e. The molecule has 2 fully saturated rings. The first-order chi connectivity index (χ1) is 13.4. The highest BCUT2D eigenvalue weighted by atomic mass is 16.5. The monoisotopic (exact) mass is 387 g/mol. The third kappa shape index (κ3) is 4.16. The molecule has 3 rings (SSSR count). The van der Waals surface area contributed by atoms with Gasteiger partial charge in [-0.2, -0.15) is 0 Å². The molecule has 150 valence electrons. The summed E-state index contributed by atoms with van der Waals surface area (Å²) in [4.78, 5) is 51.9. The van der Waals surface area contributed by atoms with E-state index in [0.29, 0.717) is 24.3 Å². The van der Waals surface area contributed by atoms with Crippen molar-refractivity contribution in [3.05, 3.63) is 24.3 Å². The lowest BCUT2D eigenvalue weighted by atomic mass is 9.81. The number of nitrogens with one attached hydrogen (secondary N) is 1. The zero-order valence-corrected chi connectivity index (χ0v) is 16.1. The van der Waals surface area contributed by atoms with E-state index in [1.165, 1.54) is 11.9 Å². The van der Waals surface area contributed by atoms with Crippen LogP contribution < -0.4 is 10.1 Å². The fourth-order valence-electron chi connectivity index (χ4n) is 3.82. The lowest BCUT2D eigenvalue weighted by Crippen LogP contribution is -2.44. The van der Waals surface area contributed by atoms with Gasteiger partial charge in [0.25, 0.3) is 0 Å². The molecular formula is C20H25N3O5. The molecule has 2 atom stereocenters. The van der Waals surface area contributed by atoms with Gasteiger partial charge < -0.3 is 15.0 Å². The zero-order valence-electron chi connectivity index (χ0n) is 16.1. The average Bonchev–Trinajstić information content (AvgIpc) is 2.93. The molecule has 0 bridgehead atoms. The number of methoxy groups -OCH3 is 1. The molecule has 8 nitrogen and oxygen atoms in total. The molecule has 1 heterocycles. The number of anilines is 1. The molecule has 0 spiro atoms. The van der Waals surface area contributed by atoms with Crippen LogP contribution in [0, 0.1) is 11.8 Å². The minimum Gasteiger partial charge on any atom is -0.497 e. The Kier molecular flexibility index (Phi) is 5.96. The van der Waals surface area contributed by atoms with E-state index in [1.807, 2.05) is 0 Å². The maximum absolute atomic E-state index is 12.5. The van der Waals surface area contributed by atoms with Crippen LogP contribution in [0.15, 0.2) is 24.3 Å². The number of fused-ring (bicyclic) bond motifs is 1. The maximum atomic E-state index is 12.5. The van der Waals surface area contributed by atoms with E-state index in [2.05, 4.69) is 5.32 Å². The van der Waals surface area contributed by atoms with E-state index in [0.717, 1.165) is 17.7 Å². The summed E-state index contributed by atoms with van der Waals surface area (Å²) < 4.78 is 5.06. The number of likely N-dealkylation sites (N-methyl/N-ethyl adjacent to an activating group) is 1. The smallest absolute Gasteiger partial charge is 0.243 e. The van der Waals surface area contributed by atoms with E-state index in [-0.39, 0.29) is 42.6 Å². The molecule has 1 aliphatic heterocycles. The number of carbonyl (C=O) groups excluding carboxylic acids is 4. The Morgan fingerprint density at radius 3 is 2.21 bits per heavy atom. The molecule has 1 N–H and O–H groups in total. The molecule has 0 aromatic heterocycles. The predicted octanol–water partition coefficient (Wildman–Crippen LogP) is 1.27. The van der Waals surface area contributed by atoms with Gasteiger partial charge in [-0.1, -0.05) is 12.8 Å². The van der Waals surface area contributed by atoms with Crippen LogP contribution in [0.3, 0.4) is 0 Å². The molecule has 2 aliphatic rings. The van der Waals surface area contributed by atoms with Crippen LogP contribution in [0.5, 0.6) is 5.75 Å².